The Balaban J connectivity index is 1.54. The van der Waals surface area contributed by atoms with Gasteiger partial charge in [-0.25, -0.2) is 4.39 Å². The number of nitrogens with zero attached hydrogens (tertiary/aromatic N) is 2. The first-order valence-corrected chi connectivity index (χ1v) is 9.48. The number of rotatable bonds is 4. The molecule has 1 saturated heterocycles. The Morgan fingerprint density at radius 1 is 1.00 bits per heavy atom. The van der Waals surface area contributed by atoms with E-state index in [4.69, 9.17) is 0 Å². The van der Waals surface area contributed by atoms with Gasteiger partial charge < -0.3 is 15.7 Å². The first-order chi connectivity index (χ1) is 14.1. The van der Waals surface area contributed by atoms with E-state index >= 15 is 0 Å². The number of benzene rings is 2. The zero-order valence-corrected chi connectivity index (χ0v) is 15.7. The molecule has 148 valence electrons. The van der Waals surface area contributed by atoms with Crippen molar-refractivity contribution < 1.29 is 14.3 Å². The summed E-state index contributed by atoms with van der Waals surface area (Å²) in [5.41, 5.74) is 2.81. The Labute approximate surface area is 167 Å². The third kappa shape index (κ3) is 4.64. The molecule has 4 rings (SSSR count). The van der Waals surface area contributed by atoms with Crippen molar-refractivity contribution in [3.05, 3.63) is 72.0 Å². The van der Waals surface area contributed by atoms with Gasteiger partial charge in [-0.1, -0.05) is 30.3 Å². The molecule has 0 saturated carbocycles. The molecular weight excluding hydrogens is 371 g/mol. The van der Waals surface area contributed by atoms with Gasteiger partial charge in [0.05, 0.1) is 17.5 Å². The van der Waals surface area contributed by atoms with Crippen molar-refractivity contribution in [1.29, 1.82) is 0 Å². The minimum absolute atomic E-state index is 0.203. The van der Waals surface area contributed by atoms with Crippen LogP contribution in [0.3, 0.4) is 0 Å². The highest BCUT2D eigenvalue weighted by molar-refractivity contribution is 5.95. The summed E-state index contributed by atoms with van der Waals surface area (Å²) < 4.78 is 14.2. The molecule has 0 unspecified atom stereocenters. The maximum atomic E-state index is 14.2. The number of piperidine rings is 1. The van der Waals surface area contributed by atoms with Crippen LogP contribution in [0, 0.1) is 5.82 Å². The summed E-state index contributed by atoms with van der Waals surface area (Å²) in [6.07, 6.45) is -0.0385. The highest BCUT2D eigenvalue weighted by atomic mass is 19.1. The van der Waals surface area contributed by atoms with Gasteiger partial charge in [-0.15, -0.1) is 10.2 Å². The lowest BCUT2D eigenvalue weighted by molar-refractivity contribution is 0.0876. The fraction of sp³-hybridized carbons (Fsp3) is 0.227. The second-order valence-corrected chi connectivity index (χ2v) is 7.12. The number of carbonyl (C=O) groups excluding carboxylic acids is 1. The summed E-state index contributed by atoms with van der Waals surface area (Å²) in [5.74, 6) is -0.913. The van der Waals surface area contributed by atoms with Crippen LogP contribution in [0.15, 0.2) is 60.7 Å². The van der Waals surface area contributed by atoms with Crippen LogP contribution in [0.1, 0.15) is 16.8 Å². The monoisotopic (exact) mass is 392 g/mol. The van der Waals surface area contributed by atoms with Crippen LogP contribution in [0.25, 0.3) is 22.5 Å². The van der Waals surface area contributed by atoms with Crippen LogP contribution in [0.5, 0.6) is 0 Å². The van der Waals surface area contributed by atoms with E-state index in [2.05, 4.69) is 20.8 Å². The molecule has 29 heavy (non-hydrogen) atoms. The number of amides is 1. The van der Waals surface area contributed by atoms with E-state index in [1.54, 1.807) is 12.1 Å². The van der Waals surface area contributed by atoms with E-state index < -0.39 is 11.9 Å². The fourth-order valence-corrected chi connectivity index (χ4v) is 3.42. The lowest BCUT2D eigenvalue weighted by Gasteiger charge is -2.27. The van der Waals surface area contributed by atoms with Crippen molar-refractivity contribution >= 4 is 5.91 Å². The number of aliphatic hydroxyl groups excluding tert-OH is 1. The molecule has 0 bridgehead atoms. The summed E-state index contributed by atoms with van der Waals surface area (Å²) in [7, 11) is 0. The topological polar surface area (TPSA) is 87.1 Å². The Morgan fingerprint density at radius 2 is 1.72 bits per heavy atom. The molecule has 0 radical (unpaired) electrons. The van der Waals surface area contributed by atoms with Crippen molar-refractivity contribution in [3.8, 4) is 22.5 Å². The number of nitrogens with one attached hydrogen (secondary N) is 2. The van der Waals surface area contributed by atoms with E-state index in [-0.39, 0.29) is 17.5 Å². The summed E-state index contributed by atoms with van der Waals surface area (Å²) in [6.45, 7) is 1.07. The van der Waals surface area contributed by atoms with Crippen molar-refractivity contribution in [2.24, 2.45) is 0 Å². The molecular formula is C22H21FN4O2. The third-order valence-electron chi connectivity index (χ3n) is 4.85. The van der Waals surface area contributed by atoms with Gasteiger partial charge in [-0.05, 0) is 36.8 Å². The molecule has 3 aromatic rings. The van der Waals surface area contributed by atoms with Crippen LogP contribution in [0.4, 0.5) is 4.39 Å². The van der Waals surface area contributed by atoms with E-state index in [0.717, 1.165) is 5.56 Å². The zero-order chi connectivity index (χ0) is 20.2. The largest absolute Gasteiger partial charge is 0.392 e. The van der Waals surface area contributed by atoms with Crippen molar-refractivity contribution in [1.82, 2.24) is 20.8 Å². The average molecular weight is 392 g/mol. The molecule has 1 aliphatic rings. The van der Waals surface area contributed by atoms with Crippen LogP contribution in [0.2, 0.25) is 0 Å². The minimum atomic E-state index is -0.525. The quantitative estimate of drug-likeness (QED) is 0.635. The summed E-state index contributed by atoms with van der Waals surface area (Å²) in [4.78, 5) is 12.6. The second kappa shape index (κ2) is 8.46. The highest BCUT2D eigenvalue weighted by Crippen LogP contribution is 2.22. The number of hydrogen-bond acceptors (Lipinski definition) is 5. The summed E-state index contributed by atoms with van der Waals surface area (Å²) in [5, 5.41) is 24.0. The third-order valence-corrected chi connectivity index (χ3v) is 4.85. The van der Waals surface area contributed by atoms with E-state index in [0.29, 0.717) is 36.5 Å². The first-order valence-electron chi connectivity index (χ1n) is 9.48. The second-order valence-electron chi connectivity index (χ2n) is 7.12. The maximum absolute atomic E-state index is 14.2. The molecule has 0 spiro atoms. The van der Waals surface area contributed by atoms with Crippen molar-refractivity contribution in [3.63, 3.8) is 0 Å². The summed E-state index contributed by atoms with van der Waals surface area (Å²) in [6, 6.07) is 17.1. The highest BCUT2D eigenvalue weighted by Gasteiger charge is 2.22. The fourth-order valence-electron chi connectivity index (χ4n) is 3.42. The molecule has 1 fully saturated rings. The lowest BCUT2D eigenvalue weighted by Crippen LogP contribution is -2.50. The van der Waals surface area contributed by atoms with E-state index in [9.17, 15) is 14.3 Å². The van der Waals surface area contributed by atoms with Crippen molar-refractivity contribution in [2.75, 3.05) is 13.1 Å². The van der Waals surface area contributed by atoms with Gasteiger partial charge >= 0.3 is 0 Å². The molecule has 0 aliphatic carbocycles. The standard InChI is InChI=1S/C22H21FN4O2/c23-17-9-15(21-7-6-20(26-27-21)14-4-2-1-3-5-14)8-16(10-17)22(29)25-18-11-19(28)13-24-12-18/h1-10,18-19,24,28H,11-13H2,(H,25,29)/t18-,19+/m0/s1. The molecule has 1 aliphatic heterocycles. The number of β-amino-alcohol motifs (C(OH)–C–C–N with tert-alkyl or cyclic N) is 1. The maximum Gasteiger partial charge on any atom is 0.251 e. The van der Waals surface area contributed by atoms with Gasteiger partial charge in [-0.3, -0.25) is 4.79 Å². The van der Waals surface area contributed by atoms with E-state index in [1.165, 1.54) is 12.1 Å². The van der Waals surface area contributed by atoms with Gasteiger partial charge in [0.25, 0.3) is 5.91 Å². The van der Waals surface area contributed by atoms with Crippen LogP contribution in [-0.2, 0) is 0 Å². The number of hydrogen-bond donors (Lipinski definition) is 3. The molecule has 1 aromatic heterocycles. The minimum Gasteiger partial charge on any atom is -0.392 e. The Morgan fingerprint density at radius 3 is 2.41 bits per heavy atom. The van der Waals surface area contributed by atoms with Gasteiger partial charge in [0.1, 0.15) is 5.82 Å². The molecule has 1 amide bonds. The lowest BCUT2D eigenvalue weighted by atomic mass is 10.0. The number of carbonyl (C=O) groups is 1. The molecule has 2 aromatic carbocycles. The number of aliphatic hydroxyl groups is 1. The molecule has 2 atom stereocenters. The number of aromatic nitrogens is 2. The SMILES string of the molecule is O=C(N[C@@H]1CNC[C@H](O)C1)c1cc(F)cc(-c2ccc(-c3ccccc3)nn2)c1. The average Bonchev–Trinajstić information content (AvgIpc) is 2.74. The number of halogens is 1. The van der Waals surface area contributed by atoms with Crippen LogP contribution < -0.4 is 10.6 Å². The van der Waals surface area contributed by atoms with E-state index in [1.807, 2.05) is 36.4 Å². The van der Waals surface area contributed by atoms with Crippen LogP contribution in [-0.4, -0.2) is 46.4 Å². The Hall–Kier alpha value is -3.16. The molecule has 7 heteroatoms. The zero-order valence-electron chi connectivity index (χ0n) is 15.7. The van der Waals surface area contributed by atoms with Gasteiger partial charge in [-0.2, -0.15) is 0 Å². The van der Waals surface area contributed by atoms with Gasteiger partial charge in [0.2, 0.25) is 0 Å². The molecule has 6 nitrogen and oxygen atoms in total. The van der Waals surface area contributed by atoms with Gasteiger partial charge in [0.15, 0.2) is 0 Å². The van der Waals surface area contributed by atoms with Crippen molar-refractivity contribution in [2.45, 2.75) is 18.6 Å². The smallest absolute Gasteiger partial charge is 0.251 e. The molecule has 3 N–H and O–H groups in total. The first kappa shape index (κ1) is 19.2. The Kier molecular flexibility index (Phi) is 5.59. The molecule has 2 heterocycles. The predicted molar refractivity (Wildman–Crippen MR) is 108 cm³/mol. The van der Waals surface area contributed by atoms with Crippen LogP contribution >= 0.6 is 0 Å². The Bertz CT molecular complexity index is 995. The van der Waals surface area contributed by atoms with Gasteiger partial charge in [0, 0.05) is 35.8 Å². The normalized spacial score (nSPS) is 19.0. The summed E-state index contributed by atoms with van der Waals surface area (Å²) >= 11 is 0. The predicted octanol–water partition coefficient (Wildman–Crippen LogP) is 2.40.